The van der Waals surface area contributed by atoms with Crippen LogP contribution in [-0.2, 0) is 6.54 Å². The van der Waals surface area contributed by atoms with Gasteiger partial charge in [0.25, 0.3) is 5.91 Å². The molecule has 0 spiro atoms. The molecule has 3 rings (SSSR count). The molecular weight excluding hydrogens is 365 g/mol. The number of halogens is 1. The summed E-state index contributed by atoms with van der Waals surface area (Å²) in [6.45, 7) is 0.266. The molecule has 0 aliphatic carbocycles. The molecule has 0 unspecified atom stereocenters. The van der Waals surface area contributed by atoms with Crippen molar-refractivity contribution in [2.75, 3.05) is 17.7 Å². The van der Waals surface area contributed by atoms with Crippen LogP contribution in [0, 0.1) is 5.82 Å². The zero-order valence-electron chi connectivity index (χ0n) is 15.0. The fourth-order valence-corrected chi connectivity index (χ4v) is 2.45. The Kier molecular flexibility index (Phi) is 5.91. The number of hydrogen-bond donors (Lipinski definition) is 3. The average Bonchev–Trinajstić information content (AvgIpc) is 3.21. The van der Waals surface area contributed by atoms with E-state index in [2.05, 4.69) is 16.0 Å². The molecule has 7 nitrogen and oxygen atoms in total. The molecule has 0 bridgehead atoms. The molecule has 0 fully saturated rings. The van der Waals surface area contributed by atoms with Crippen molar-refractivity contribution >= 4 is 23.3 Å². The van der Waals surface area contributed by atoms with Crippen molar-refractivity contribution in [2.24, 2.45) is 0 Å². The Hall–Kier alpha value is -3.81. The second kappa shape index (κ2) is 8.72. The Morgan fingerprint density at radius 2 is 1.75 bits per heavy atom. The van der Waals surface area contributed by atoms with Gasteiger partial charge in [-0.15, -0.1) is 0 Å². The molecule has 0 atom stereocenters. The van der Waals surface area contributed by atoms with Crippen molar-refractivity contribution in [3.8, 4) is 5.75 Å². The predicted octanol–water partition coefficient (Wildman–Crippen LogP) is 4.00. The molecule has 28 heavy (non-hydrogen) atoms. The van der Waals surface area contributed by atoms with Crippen LogP contribution in [0.25, 0.3) is 0 Å². The fourth-order valence-electron chi connectivity index (χ4n) is 2.45. The number of urea groups is 1. The molecule has 0 aliphatic heterocycles. The van der Waals surface area contributed by atoms with E-state index in [1.165, 1.54) is 25.5 Å². The van der Waals surface area contributed by atoms with Crippen molar-refractivity contribution in [2.45, 2.75) is 6.54 Å². The van der Waals surface area contributed by atoms with E-state index < -0.39 is 17.8 Å². The van der Waals surface area contributed by atoms with Gasteiger partial charge >= 0.3 is 6.03 Å². The highest BCUT2D eigenvalue weighted by molar-refractivity contribution is 6.06. The first-order chi connectivity index (χ1) is 13.5. The van der Waals surface area contributed by atoms with Crippen LogP contribution in [0.3, 0.4) is 0 Å². The first kappa shape index (κ1) is 19.0. The van der Waals surface area contributed by atoms with Gasteiger partial charge in [-0.1, -0.05) is 0 Å². The Bertz CT molecular complexity index is 956. The van der Waals surface area contributed by atoms with Crippen molar-refractivity contribution in [3.05, 3.63) is 78.0 Å². The number of carbonyl (C=O) groups is 2. The minimum absolute atomic E-state index is 0.0852. The molecule has 8 heteroatoms. The van der Waals surface area contributed by atoms with Gasteiger partial charge in [0, 0.05) is 11.4 Å². The van der Waals surface area contributed by atoms with Crippen molar-refractivity contribution in [1.29, 1.82) is 0 Å². The number of carbonyl (C=O) groups excluding carboxylic acids is 2. The minimum atomic E-state index is -0.536. The fraction of sp³-hybridized carbons (Fsp3) is 0.100. The molecule has 3 N–H and O–H groups in total. The summed E-state index contributed by atoms with van der Waals surface area (Å²) in [4.78, 5) is 24.2. The van der Waals surface area contributed by atoms with E-state index in [0.717, 1.165) is 6.07 Å². The van der Waals surface area contributed by atoms with E-state index in [4.69, 9.17) is 9.15 Å². The lowest BCUT2D eigenvalue weighted by Crippen LogP contribution is -2.27. The topological polar surface area (TPSA) is 92.6 Å². The number of furan rings is 1. The van der Waals surface area contributed by atoms with Crippen LogP contribution in [0.2, 0.25) is 0 Å². The largest absolute Gasteiger partial charge is 0.496 e. The maximum atomic E-state index is 13.4. The van der Waals surface area contributed by atoms with Crippen molar-refractivity contribution in [1.82, 2.24) is 5.32 Å². The summed E-state index contributed by atoms with van der Waals surface area (Å²) in [5, 5.41) is 7.98. The monoisotopic (exact) mass is 383 g/mol. The quantitative estimate of drug-likeness (QED) is 0.600. The standard InChI is InChI=1S/C20H18FN3O4/c1-27-18-9-4-13(21)11-17(18)19(25)23-14-5-7-15(8-6-14)24-20(26)22-12-16-3-2-10-28-16/h2-11H,12H2,1H3,(H,23,25)(H2,22,24,26). The van der Waals surface area contributed by atoms with Crippen LogP contribution in [-0.4, -0.2) is 19.0 Å². The van der Waals surface area contributed by atoms with Crippen LogP contribution < -0.4 is 20.7 Å². The zero-order valence-corrected chi connectivity index (χ0v) is 15.0. The van der Waals surface area contributed by atoms with E-state index in [1.807, 2.05) is 0 Å². The maximum absolute atomic E-state index is 13.4. The Morgan fingerprint density at radius 3 is 2.39 bits per heavy atom. The second-order valence-electron chi connectivity index (χ2n) is 5.76. The molecule has 3 aromatic rings. The van der Waals surface area contributed by atoms with Gasteiger partial charge in [-0.2, -0.15) is 0 Å². The summed E-state index contributed by atoms with van der Waals surface area (Å²) in [5.74, 6) is -0.134. The van der Waals surface area contributed by atoms with Gasteiger partial charge in [-0.25, -0.2) is 9.18 Å². The summed E-state index contributed by atoms with van der Waals surface area (Å²) in [7, 11) is 1.40. The molecular formula is C20H18FN3O4. The van der Waals surface area contributed by atoms with E-state index >= 15 is 0 Å². The number of nitrogens with one attached hydrogen (secondary N) is 3. The summed E-state index contributed by atoms with van der Waals surface area (Å²) in [5.41, 5.74) is 1.11. The van der Waals surface area contributed by atoms with Crippen LogP contribution in [0.1, 0.15) is 16.1 Å². The zero-order chi connectivity index (χ0) is 19.9. The number of benzene rings is 2. The number of amides is 3. The molecule has 144 valence electrons. The number of hydrogen-bond acceptors (Lipinski definition) is 4. The van der Waals surface area contributed by atoms with Crippen LogP contribution >= 0.6 is 0 Å². The predicted molar refractivity (Wildman–Crippen MR) is 102 cm³/mol. The summed E-state index contributed by atoms with van der Waals surface area (Å²) < 4.78 is 23.6. The maximum Gasteiger partial charge on any atom is 0.319 e. The average molecular weight is 383 g/mol. The Balaban J connectivity index is 1.57. The van der Waals surface area contributed by atoms with Crippen LogP contribution in [0.15, 0.2) is 65.3 Å². The number of anilines is 2. The third-order valence-electron chi connectivity index (χ3n) is 3.81. The van der Waals surface area contributed by atoms with Crippen molar-refractivity contribution < 1.29 is 23.1 Å². The molecule has 0 aliphatic rings. The van der Waals surface area contributed by atoms with E-state index in [-0.39, 0.29) is 17.9 Å². The van der Waals surface area contributed by atoms with E-state index in [0.29, 0.717) is 17.1 Å². The minimum Gasteiger partial charge on any atom is -0.496 e. The van der Waals surface area contributed by atoms with Gasteiger partial charge in [-0.3, -0.25) is 4.79 Å². The molecule has 2 aromatic carbocycles. The van der Waals surface area contributed by atoms with E-state index in [9.17, 15) is 14.0 Å². The lowest BCUT2D eigenvalue weighted by atomic mass is 10.1. The van der Waals surface area contributed by atoms with Crippen molar-refractivity contribution in [3.63, 3.8) is 0 Å². The normalized spacial score (nSPS) is 10.2. The van der Waals surface area contributed by atoms with Crippen LogP contribution in [0.5, 0.6) is 5.75 Å². The summed E-state index contributed by atoms with van der Waals surface area (Å²) >= 11 is 0. The van der Waals surface area contributed by atoms with Crippen LogP contribution in [0.4, 0.5) is 20.6 Å². The second-order valence-corrected chi connectivity index (χ2v) is 5.76. The molecule has 3 amide bonds. The highest BCUT2D eigenvalue weighted by atomic mass is 19.1. The summed E-state index contributed by atoms with van der Waals surface area (Å²) in [6.07, 6.45) is 1.53. The molecule has 1 aromatic heterocycles. The highest BCUT2D eigenvalue weighted by Gasteiger charge is 2.14. The Morgan fingerprint density at radius 1 is 1.04 bits per heavy atom. The van der Waals surface area contributed by atoms with Gasteiger partial charge in [0.2, 0.25) is 0 Å². The molecule has 0 saturated carbocycles. The molecule has 0 saturated heterocycles. The van der Waals surface area contributed by atoms with Gasteiger partial charge in [0.1, 0.15) is 17.3 Å². The first-order valence-corrected chi connectivity index (χ1v) is 8.37. The molecule has 1 heterocycles. The highest BCUT2D eigenvalue weighted by Crippen LogP contribution is 2.21. The third kappa shape index (κ3) is 4.88. The first-order valence-electron chi connectivity index (χ1n) is 8.37. The van der Waals surface area contributed by atoms with Gasteiger partial charge < -0.3 is 25.1 Å². The number of ether oxygens (including phenoxy) is 1. The Labute approximate surface area is 160 Å². The van der Waals surface area contributed by atoms with Gasteiger partial charge in [0.05, 0.1) is 25.5 Å². The molecule has 0 radical (unpaired) electrons. The van der Waals surface area contributed by atoms with E-state index in [1.54, 1.807) is 36.4 Å². The SMILES string of the molecule is COc1ccc(F)cc1C(=O)Nc1ccc(NC(=O)NCc2ccco2)cc1. The lowest BCUT2D eigenvalue weighted by Gasteiger charge is -2.10. The third-order valence-corrected chi connectivity index (χ3v) is 3.81. The number of methoxy groups -OCH3 is 1. The smallest absolute Gasteiger partial charge is 0.319 e. The van der Waals surface area contributed by atoms with Gasteiger partial charge in [0.15, 0.2) is 0 Å². The van der Waals surface area contributed by atoms with Gasteiger partial charge in [-0.05, 0) is 54.6 Å². The summed E-state index contributed by atoms with van der Waals surface area (Å²) in [6, 6.07) is 13.3. The number of rotatable bonds is 6. The lowest BCUT2D eigenvalue weighted by molar-refractivity contribution is 0.102.